The molecule has 2 heterocycles. The van der Waals surface area contributed by atoms with Crippen LogP contribution in [0.15, 0.2) is 103 Å². The number of hydrogen-bond donors (Lipinski definition) is 5. The number of nitrogens with one attached hydrogen (secondary N) is 3. The van der Waals surface area contributed by atoms with Crippen molar-refractivity contribution in [1.82, 2.24) is 20.9 Å². The maximum Gasteiger partial charge on any atom is 0.488 e. The van der Waals surface area contributed by atoms with Gasteiger partial charge in [0.1, 0.15) is 22.7 Å². The van der Waals surface area contributed by atoms with Gasteiger partial charge in [0, 0.05) is 79.9 Å². The lowest BCUT2D eigenvalue weighted by Gasteiger charge is -2.23. The minimum Gasteiger partial charge on any atom is -0.484 e. The van der Waals surface area contributed by atoms with Gasteiger partial charge in [-0.2, -0.15) is 0 Å². The van der Waals surface area contributed by atoms with Gasteiger partial charge in [-0.3, -0.25) is 19.3 Å². The van der Waals surface area contributed by atoms with Crippen LogP contribution in [0.3, 0.4) is 0 Å². The molecule has 3 aromatic carbocycles. The summed E-state index contributed by atoms with van der Waals surface area (Å²) in [5.74, 6) is -0.400. The maximum atomic E-state index is 12.6. The van der Waals surface area contributed by atoms with E-state index in [0.717, 1.165) is 0 Å². The molecule has 264 valence electrons. The van der Waals surface area contributed by atoms with E-state index in [1.54, 1.807) is 36.4 Å². The van der Waals surface area contributed by atoms with Crippen molar-refractivity contribution in [3.05, 3.63) is 111 Å². The number of amides is 3. The van der Waals surface area contributed by atoms with Crippen LogP contribution in [0.5, 0.6) is 11.5 Å². The Kier molecular flexibility index (Phi) is 12.5. The zero-order valence-electron chi connectivity index (χ0n) is 27.3. The molecular formula is C35H35BN4O11. The second-order valence-corrected chi connectivity index (χ2v) is 11.3. The smallest absolute Gasteiger partial charge is 0.484 e. The first-order valence-electron chi connectivity index (χ1n) is 16.0. The highest BCUT2D eigenvalue weighted by Gasteiger charge is 2.14. The second-order valence-electron chi connectivity index (χ2n) is 11.3. The van der Waals surface area contributed by atoms with Crippen LogP contribution in [-0.2, 0) is 9.59 Å². The molecule has 51 heavy (non-hydrogen) atoms. The number of benzene rings is 3. The van der Waals surface area contributed by atoms with Crippen molar-refractivity contribution in [2.45, 2.75) is 0 Å². The normalized spacial score (nSPS) is 11.0. The van der Waals surface area contributed by atoms with Crippen molar-refractivity contribution in [2.24, 2.45) is 0 Å². The van der Waals surface area contributed by atoms with Crippen LogP contribution in [0.2, 0.25) is 0 Å². The lowest BCUT2D eigenvalue weighted by atomic mass is 9.80. The van der Waals surface area contributed by atoms with Gasteiger partial charge in [-0.1, -0.05) is 12.1 Å². The summed E-state index contributed by atoms with van der Waals surface area (Å²) < 4.78 is 21.4. The monoisotopic (exact) mass is 698 g/mol. The highest BCUT2D eigenvalue weighted by molar-refractivity contribution is 6.58. The van der Waals surface area contributed by atoms with Gasteiger partial charge in [-0.05, 0) is 54.0 Å². The fraction of sp³-hybridized carbons (Fsp3) is 0.229. The van der Waals surface area contributed by atoms with Crippen LogP contribution in [0.25, 0.3) is 21.9 Å². The Bertz CT molecular complexity index is 1990. The lowest BCUT2D eigenvalue weighted by molar-refractivity contribution is -0.123. The van der Waals surface area contributed by atoms with E-state index in [9.17, 15) is 34.0 Å². The molecule has 0 saturated carbocycles. The van der Waals surface area contributed by atoms with Crippen LogP contribution in [0.1, 0.15) is 10.4 Å². The minimum atomic E-state index is -1.64. The summed E-state index contributed by atoms with van der Waals surface area (Å²) in [6, 6.07) is 21.6. The topological polar surface area (TPSA) is 210 Å². The molecule has 16 heteroatoms. The molecule has 0 aliphatic carbocycles. The summed E-state index contributed by atoms with van der Waals surface area (Å²) in [6.45, 7) is 1.30. The molecule has 0 atom stereocenters. The van der Waals surface area contributed by atoms with Gasteiger partial charge in [-0.15, -0.1) is 0 Å². The van der Waals surface area contributed by atoms with Gasteiger partial charge in [0.2, 0.25) is 0 Å². The first-order chi connectivity index (χ1) is 24.6. The predicted molar refractivity (Wildman–Crippen MR) is 187 cm³/mol. The summed E-state index contributed by atoms with van der Waals surface area (Å²) >= 11 is 0. The molecule has 0 bridgehead atoms. The number of rotatable bonds is 17. The number of nitrogens with zero attached hydrogens (tertiary/aromatic N) is 1. The van der Waals surface area contributed by atoms with E-state index in [2.05, 4.69) is 16.0 Å². The second kappa shape index (κ2) is 17.6. The molecule has 0 spiro atoms. The molecule has 3 amide bonds. The van der Waals surface area contributed by atoms with Gasteiger partial charge >= 0.3 is 18.4 Å². The summed E-state index contributed by atoms with van der Waals surface area (Å²) in [5, 5.41) is 28.3. The standard InChI is InChI=1S/C35H35BN4O11/c41-31(21-48-27-9-3-23-5-11-33(43)50-29(23)19-27)37-13-16-40(18-15-39-35(45)25-1-7-26(8-2-25)36(46)47)17-14-38-32(42)22-49-28-10-4-24-6-12-34(44)51-30(24)20-28/h1-12,19-20,46-47H,13-18,21-22H2,(H,37,41)(H,38,42)(H,39,45). The largest absolute Gasteiger partial charge is 0.488 e. The van der Waals surface area contributed by atoms with Gasteiger partial charge in [0.25, 0.3) is 17.7 Å². The third kappa shape index (κ3) is 11.0. The summed E-state index contributed by atoms with van der Waals surface area (Å²) in [5.41, 5.74) is 0.287. The van der Waals surface area contributed by atoms with E-state index in [4.69, 9.17) is 18.3 Å². The number of ether oxygens (including phenoxy) is 2. The zero-order valence-corrected chi connectivity index (χ0v) is 27.3. The van der Waals surface area contributed by atoms with E-state index < -0.39 is 18.4 Å². The molecule has 0 fully saturated rings. The molecule has 0 unspecified atom stereocenters. The Morgan fingerprint density at radius 3 is 1.55 bits per heavy atom. The Morgan fingerprint density at radius 2 is 1.08 bits per heavy atom. The Labute approximate surface area is 290 Å². The van der Waals surface area contributed by atoms with Crippen LogP contribution in [0, 0.1) is 0 Å². The molecule has 15 nitrogen and oxygen atoms in total. The SMILES string of the molecule is O=C(COc1ccc2ccc(=O)oc2c1)NCCN(CCNC(=O)COc1ccc2ccc(=O)oc2c1)CCNC(=O)c1ccc(B(O)O)cc1. The first-order valence-corrected chi connectivity index (χ1v) is 16.0. The van der Waals surface area contributed by atoms with Crippen molar-refractivity contribution in [2.75, 3.05) is 52.5 Å². The van der Waals surface area contributed by atoms with Crippen LogP contribution in [-0.4, -0.2) is 92.3 Å². The molecule has 0 aliphatic rings. The molecule has 0 radical (unpaired) electrons. The van der Waals surface area contributed by atoms with Crippen LogP contribution < -0.4 is 42.1 Å². The van der Waals surface area contributed by atoms with Crippen molar-refractivity contribution in [1.29, 1.82) is 0 Å². The molecule has 2 aromatic heterocycles. The van der Waals surface area contributed by atoms with E-state index in [0.29, 0.717) is 58.6 Å². The molecule has 5 aromatic rings. The van der Waals surface area contributed by atoms with Crippen LogP contribution >= 0.6 is 0 Å². The van der Waals surface area contributed by atoms with Gasteiger partial charge in [-0.25, -0.2) is 9.59 Å². The van der Waals surface area contributed by atoms with E-state index in [1.165, 1.54) is 48.5 Å². The van der Waals surface area contributed by atoms with Crippen molar-refractivity contribution in [3.63, 3.8) is 0 Å². The third-order valence-corrected chi connectivity index (χ3v) is 7.61. The average molecular weight is 698 g/mol. The molecule has 0 saturated heterocycles. The Morgan fingerprint density at radius 1 is 0.627 bits per heavy atom. The molecule has 5 rings (SSSR count). The van der Waals surface area contributed by atoms with Crippen LogP contribution in [0.4, 0.5) is 0 Å². The molecule has 0 aliphatic heterocycles. The number of fused-ring (bicyclic) bond motifs is 2. The molecule has 5 N–H and O–H groups in total. The summed E-state index contributed by atoms with van der Waals surface area (Å²) in [4.78, 5) is 62.6. The minimum absolute atomic E-state index is 0.239. The fourth-order valence-electron chi connectivity index (χ4n) is 4.94. The molecular weight excluding hydrogens is 663 g/mol. The van der Waals surface area contributed by atoms with Gasteiger partial charge in [0.05, 0.1) is 0 Å². The summed E-state index contributed by atoms with van der Waals surface area (Å²) in [7, 11) is -1.64. The first kappa shape index (κ1) is 36.3. The Balaban J connectivity index is 1.09. The maximum absolute atomic E-state index is 12.6. The zero-order chi connectivity index (χ0) is 36.2. The van der Waals surface area contributed by atoms with Gasteiger partial charge < -0.3 is 44.3 Å². The average Bonchev–Trinajstić information content (AvgIpc) is 3.12. The van der Waals surface area contributed by atoms with Crippen molar-refractivity contribution < 1.29 is 42.7 Å². The van der Waals surface area contributed by atoms with Crippen molar-refractivity contribution in [3.8, 4) is 11.5 Å². The third-order valence-electron chi connectivity index (χ3n) is 7.61. The number of carbonyl (C=O) groups is 3. The van der Waals surface area contributed by atoms with E-state index in [-0.39, 0.29) is 56.0 Å². The fourth-order valence-corrected chi connectivity index (χ4v) is 4.94. The summed E-state index contributed by atoms with van der Waals surface area (Å²) in [6.07, 6.45) is 0. The Hall–Kier alpha value is -5.97. The van der Waals surface area contributed by atoms with Crippen molar-refractivity contribution >= 4 is 52.2 Å². The highest BCUT2D eigenvalue weighted by atomic mass is 16.5. The van der Waals surface area contributed by atoms with E-state index in [1.807, 2.05) is 4.90 Å². The van der Waals surface area contributed by atoms with Gasteiger partial charge in [0.15, 0.2) is 13.2 Å². The lowest BCUT2D eigenvalue weighted by Crippen LogP contribution is -2.44. The van der Waals surface area contributed by atoms with E-state index >= 15 is 0 Å². The number of carbonyl (C=O) groups excluding carboxylic acids is 3. The highest BCUT2D eigenvalue weighted by Crippen LogP contribution is 2.20. The number of hydrogen-bond acceptors (Lipinski definition) is 12. The predicted octanol–water partition coefficient (Wildman–Crippen LogP) is 0.00140. The quantitative estimate of drug-likeness (QED) is 0.0642.